The number of amides is 1. The molecule has 1 heterocycles. The molecule has 1 N–H and O–H groups in total. The van der Waals surface area contributed by atoms with Crippen LogP contribution in [0.1, 0.15) is 17.3 Å². The standard InChI is InChI=1S/C25H27N3O3/c1-2-27-14-16-28(17-15-27)21-12-10-20(11-13-21)26-24(29)18-31-25(30)23-9-5-7-19-6-3-4-8-22(19)23/h3-13H,2,14-18H2,1H3,(H,26,29). The number of ether oxygens (including phenoxy) is 1. The summed E-state index contributed by atoms with van der Waals surface area (Å²) in [7, 11) is 0. The predicted molar refractivity (Wildman–Crippen MR) is 124 cm³/mol. The number of fused-ring (bicyclic) bond motifs is 1. The first-order chi connectivity index (χ1) is 15.1. The smallest absolute Gasteiger partial charge is 0.339 e. The van der Waals surface area contributed by atoms with E-state index in [1.54, 1.807) is 6.07 Å². The van der Waals surface area contributed by atoms with Gasteiger partial charge in [-0.15, -0.1) is 0 Å². The predicted octanol–water partition coefficient (Wildman–Crippen LogP) is 3.78. The summed E-state index contributed by atoms with van der Waals surface area (Å²) in [5, 5.41) is 4.56. The summed E-state index contributed by atoms with van der Waals surface area (Å²) in [6.45, 7) is 7.08. The first-order valence-electron chi connectivity index (χ1n) is 10.7. The van der Waals surface area contributed by atoms with E-state index in [0.717, 1.165) is 49.2 Å². The van der Waals surface area contributed by atoms with Crippen molar-refractivity contribution in [3.8, 4) is 0 Å². The second-order valence-electron chi connectivity index (χ2n) is 7.62. The van der Waals surface area contributed by atoms with Gasteiger partial charge in [0.05, 0.1) is 5.56 Å². The zero-order chi connectivity index (χ0) is 21.6. The van der Waals surface area contributed by atoms with E-state index in [-0.39, 0.29) is 12.5 Å². The van der Waals surface area contributed by atoms with Crippen LogP contribution < -0.4 is 10.2 Å². The Morgan fingerprint density at radius 2 is 1.61 bits per heavy atom. The van der Waals surface area contributed by atoms with Crippen LogP contribution in [0.5, 0.6) is 0 Å². The number of anilines is 2. The van der Waals surface area contributed by atoms with E-state index in [4.69, 9.17) is 4.74 Å². The third-order valence-electron chi connectivity index (χ3n) is 5.68. The van der Waals surface area contributed by atoms with E-state index < -0.39 is 5.97 Å². The van der Waals surface area contributed by atoms with Gasteiger partial charge in [-0.3, -0.25) is 4.79 Å². The maximum Gasteiger partial charge on any atom is 0.339 e. The van der Waals surface area contributed by atoms with Gasteiger partial charge in [0.25, 0.3) is 5.91 Å². The van der Waals surface area contributed by atoms with Gasteiger partial charge in [0.2, 0.25) is 0 Å². The lowest BCUT2D eigenvalue weighted by atomic mass is 10.1. The highest BCUT2D eigenvalue weighted by Crippen LogP contribution is 2.21. The van der Waals surface area contributed by atoms with Crippen molar-refractivity contribution in [2.24, 2.45) is 0 Å². The summed E-state index contributed by atoms with van der Waals surface area (Å²) in [5.41, 5.74) is 2.29. The van der Waals surface area contributed by atoms with Crippen LogP contribution in [-0.2, 0) is 9.53 Å². The quantitative estimate of drug-likeness (QED) is 0.619. The normalized spacial score (nSPS) is 14.4. The molecule has 0 bridgehead atoms. The molecule has 1 aliphatic heterocycles. The number of nitrogens with zero attached hydrogens (tertiary/aromatic N) is 2. The largest absolute Gasteiger partial charge is 0.452 e. The highest BCUT2D eigenvalue weighted by Gasteiger charge is 2.16. The fourth-order valence-corrected chi connectivity index (χ4v) is 3.89. The molecule has 0 radical (unpaired) electrons. The van der Waals surface area contributed by atoms with Gasteiger partial charge in [-0.2, -0.15) is 0 Å². The van der Waals surface area contributed by atoms with Gasteiger partial charge in [-0.05, 0) is 47.6 Å². The van der Waals surface area contributed by atoms with E-state index in [9.17, 15) is 9.59 Å². The molecule has 3 aromatic rings. The molecule has 0 unspecified atom stereocenters. The zero-order valence-electron chi connectivity index (χ0n) is 17.7. The number of esters is 1. The van der Waals surface area contributed by atoms with Gasteiger partial charge in [-0.25, -0.2) is 4.79 Å². The third-order valence-corrected chi connectivity index (χ3v) is 5.68. The summed E-state index contributed by atoms with van der Waals surface area (Å²) >= 11 is 0. The minimum atomic E-state index is -0.506. The molecule has 0 aliphatic carbocycles. The molecule has 160 valence electrons. The fourth-order valence-electron chi connectivity index (χ4n) is 3.89. The molecule has 0 spiro atoms. The molecule has 4 rings (SSSR count). The Morgan fingerprint density at radius 3 is 2.35 bits per heavy atom. The molecule has 6 nitrogen and oxygen atoms in total. The molecule has 1 aliphatic rings. The maximum absolute atomic E-state index is 12.5. The summed E-state index contributed by atoms with van der Waals surface area (Å²) in [6.07, 6.45) is 0. The van der Waals surface area contributed by atoms with Crippen molar-refractivity contribution in [2.45, 2.75) is 6.92 Å². The molecular weight excluding hydrogens is 390 g/mol. The van der Waals surface area contributed by atoms with Crippen LogP contribution in [0.25, 0.3) is 10.8 Å². The number of piperazine rings is 1. The van der Waals surface area contributed by atoms with Crippen molar-refractivity contribution in [1.29, 1.82) is 0 Å². The number of hydrogen-bond acceptors (Lipinski definition) is 5. The average molecular weight is 418 g/mol. The number of nitrogens with one attached hydrogen (secondary N) is 1. The number of carbonyl (C=O) groups excluding carboxylic acids is 2. The Labute approximate surface area is 182 Å². The Kier molecular flexibility index (Phi) is 6.48. The van der Waals surface area contributed by atoms with Crippen molar-refractivity contribution < 1.29 is 14.3 Å². The second kappa shape index (κ2) is 9.62. The third kappa shape index (κ3) is 5.03. The first-order valence-corrected chi connectivity index (χ1v) is 10.7. The maximum atomic E-state index is 12.5. The molecule has 1 amide bonds. The topological polar surface area (TPSA) is 61.9 Å². The van der Waals surface area contributed by atoms with Gasteiger partial charge >= 0.3 is 5.97 Å². The minimum absolute atomic E-state index is 0.331. The average Bonchev–Trinajstić information content (AvgIpc) is 2.83. The molecule has 0 atom stereocenters. The Balaban J connectivity index is 1.30. The summed E-state index contributed by atoms with van der Waals surface area (Å²) in [4.78, 5) is 29.5. The minimum Gasteiger partial charge on any atom is -0.452 e. The Hall–Kier alpha value is -3.38. The van der Waals surface area contributed by atoms with Gasteiger partial charge in [0.1, 0.15) is 0 Å². The first kappa shape index (κ1) is 20.9. The van der Waals surface area contributed by atoms with Crippen molar-refractivity contribution in [3.05, 3.63) is 72.3 Å². The molecule has 6 heteroatoms. The van der Waals surface area contributed by atoms with Crippen molar-refractivity contribution >= 4 is 34.0 Å². The van der Waals surface area contributed by atoms with Crippen LogP contribution in [0.3, 0.4) is 0 Å². The highest BCUT2D eigenvalue weighted by molar-refractivity contribution is 6.05. The van der Waals surface area contributed by atoms with E-state index in [0.29, 0.717) is 11.3 Å². The number of likely N-dealkylation sites (N-methyl/N-ethyl adjacent to an activating group) is 1. The van der Waals surface area contributed by atoms with E-state index >= 15 is 0 Å². The van der Waals surface area contributed by atoms with Gasteiger partial charge in [0, 0.05) is 37.6 Å². The van der Waals surface area contributed by atoms with Crippen LogP contribution in [-0.4, -0.2) is 56.1 Å². The van der Waals surface area contributed by atoms with Gasteiger partial charge < -0.3 is 19.9 Å². The fraction of sp³-hybridized carbons (Fsp3) is 0.280. The van der Waals surface area contributed by atoms with Crippen molar-refractivity contribution in [1.82, 2.24) is 4.90 Å². The van der Waals surface area contributed by atoms with Crippen LogP contribution in [0, 0.1) is 0 Å². The number of benzene rings is 3. The lowest BCUT2D eigenvalue weighted by Gasteiger charge is -2.35. The number of carbonyl (C=O) groups is 2. The van der Waals surface area contributed by atoms with Crippen molar-refractivity contribution in [2.75, 3.05) is 49.5 Å². The van der Waals surface area contributed by atoms with Crippen LogP contribution in [0.2, 0.25) is 0 Å². The molecule has 3 aromatic carbocycles. The highest BCUT2D eigenvalue weighted by atomic mass is 16.5. The summed E-state index contributed by atoms with van der Waals surface area (Å²) < 4.78 is 5.25. The Morgan fingerprint density at radius 1 is 0.903 bits per heavy atom. The lowest BCUT2D eigenvalue weighted by molar-refractivity contribution is -0.119. The van der Waals surface area contributed by atoms with Crippen LogP contribution >= 0.6 is 0 Å². The Bertz CT molecular complexity index is 1050. The second-order valence-corrected chi connectivity index (χ2v) is 7.62. The molecule has 0 aromatic heterocycles. The number of rotatable bonds is 6. The summed E-state index contributed by atoms with van der Waals surface area (Å²) in [6, 6.07) is 20.8. The van der Waals surface area contributed by atoms with E-state index in [1.807, 2.05) is 60.7 Å². The molecule has 31 heavy (non-hydrogen) atoms. The molecular formula is C25H27N3O3. The van der Waals surface area contributed by atoms with E-state index in [2.05, 4.69) is 22.0 Å². The monoisotopic (exact) mass is 417 g/mol. The number of hydrogen-bond donors (Lipinski definition) is 1. The zero-order valence-corrected chi connectivity index (χ0v) is 17.7. The van der Waals surface area contributed by atoms with E-state index in [1.165, 1.54) is 0 Å². The lowest BCUT2D eigenvalue weighted by Crippen LogP contribution is -2.46. The molecule has 1 fully saturated rings. The van der Waals surface area contributed by atoms with Crippen LogP contribution in [0.15, 0.2) is 66.7 Å². The van der Waals surface area contributed by atoms with Crippen molar-refractivity contribution in [3.63, 3.8) is 0 Å². The van der Waals surface area contributed by atoms with Crippen LogP contribution in [0.4, 0.5) is 11.4 Å². The molecule has 0 saturated carbocycles. The summed E-state index contributed by atoms with van der Waals surface area (Å²) in [5.74, 6) is -0.869. The van der Waals surface area contributed by atoms with Gasteiger partial charge in [0.15, 0.2) is 6.61 Å². The SMILES string of the molecule is CCN1CCN(c2ccc(NC(=O)COC(=O)c3cccc4ccccc34)cc2)CC1. The van der Waals surface area contributed by atoms with Gasteiger partial charge in [-0.1, -0.05) is 43.3 Å². The molecule has 1 saturated heterocycles.